The number of nitrogens with zero attached hydrogens (tertiary/aromatic N) is 2. The van der Waals surface area contributed by atoms with E-state index in [0.29, 0.717) is 18.4 Å². The number of hydrogen-bond acceptors (Lipinski definition) is 5. The summed E-state index contributed by atoms with van der Waals surface area (Å²) in [4.78, 5) is 17.4. The summed E-state index contributed by atoms with van der Waals surface area (Å²) in [7, 11) is 0. The van der Waals surface area contributed by atoms with Crippen LogP contribution in [-0.2, 0) is 22.7 Å². The molecule has 10 heteroatoms. The molecule has 7 nitrogen and oxygen atoms in total. The molecule has 2 aromatic carbocycles. The quantitative estimate of drug-likeness (QED) is 0.353. The summed E-state index contributed by atoms with van der Waals surface area (Å²) in [5.41, 5.74) is 4.42. The molecule has 1 amide bonds. The van der Waals surface area contributed by atoms with Crippen molar-refractivity contribution in [3.8, 4) is 5.75 Å². The predicted octanol–water partition coefficient (Wildman–Crippen LogP) is 4.61. The number of benzene rings is 2. The van der Waals surface area contributed by atoms with Gasteiger partial charge in [0, 0.05) is 6.20 Å². The summed E-state index contributed by atoms with van der Waals surface area (Å²) in [6.45, 7) is 1.91. The number of aromatic nitrogens is 2. The van der Waals surface area contributed by atoms with Crippen LogP contribution in [0.3, 0.4) is 0 Å². The van der Waals surface area contributed by atoms with Crippen LogP contribution in [0, 0.1) is 0 Å². The maximum absolute atomic E-state index is 12.8. The molecule has 0 bridgehead atoms. The van der Waals surface area contributed by atoms with Gasteiger partial charge < -0.3 is 9.47 Å². The van der Waals surface area contributed by atoms with Crippen molar-refractivity contribution in [2.24, 2.45) is 0 Å². The van der Waals surface area contributed by atoms with Crippen LogP contribution in [0.25, 0.3) is 0 Å². The first kappa shape index (κ1) is 23.9. The third-order valence-corrected chi connectivity index (χ3v) is 4.29. The first-order chi connectivity index (χ1) is 15.8. The highest BCUT2D eigenvalue weighted by Crippen LogP contribution is 2.27. The lowest BCUT2D eigenvalue weighted by Crippen LogP contribution is -2.23. The SMILES string of the molecule is CCO/C(=C\Oc1ccc(Cn2cc(C(=O)NOCc3ccccc3)cn2)cc1)C(F)(F)F. The van der Waals surface area contributed by atoms with Gasteiger partial charge in [-0.05, 0) is 30.2 Å². The number of ether oxygens (including phenoxy) is 2. The lowest BCUT2D eigenvalue weighted by atomic mass is 10.2. The van der Waals surface area contributed by atoms with Gasteiger partial charge in [-0.2, -0.15) is 18.3 Å². The van der Waals surface area contributed by atoms with Crippen LogP contribution in [0.15, 0.2) is 79.0 Å². The number of allylic oxidation sites excluding steroid dienone is 1. The summed E-state index contributed by atoms with van der Waals surface area (Å²) in [6, 6.07) is 15.8. The highest BCUT2D eigenvalue weighted by molar-refractivity contribution is 5.92. The first-order valence-corrected chi connectivity index (χ1v) is 9.99. The van der Waals surface area contributed by atoms with Gasteiger partial charge in [0.1, 0.15) is 12.0 Å². The second-order valence-electron chi connectivity index (χ2n) is 6.81. The molecule has 3 aromatic rings. The second-order valence-corrected chi connectivity index (χ2v) is 6.81. The van der Waals surface area contributed by atoms with E-state index in [2.05, 4.69) is 15.3 Å². The van der Waals surface area contributed by atoms with Gasteiger partial charge in [-0.1, -0.05) is 42.5 Å². The average Bonchev–Trinajstić information content (AvgIpc) is 3.26. The number of carbonyl (C=O) groups is 1. The number of alkyl halides is 3. The Morgan fingerprint density at radius 3 is 2.48 bits per heavy atom. The van der Waals surface area contributed by atoms with Gasteiger partial charge in [0.05, 0.1) is 31.5 Å². The van der Waals surface area contributed by atoms with E-state index in [0.717, 1.165) is 11.1 Å². The Kier molecular flexibility index (Phi) is 8.09. The molecule has 3 rings (SSSR count). The number of carbonyl (C=O) groups excluding carboxylic acids is 1. The molecule has 1 aromatic heterocycles. The van der Waals surface area contributed by atoms with E-state index in [1.54, 1.807) is 23.0 Å². The molecule has 0 spiro atoms. The predicted molar refractivity (Wildman–Crippen MR) is 113 cm³/mol. The molecule has 33 heavy (non-hydrogen) atoms. The molecule has 0 aliphatic heterocycles. The standard InChI is InChI=1S/C23H22F3N3O4/c1-2-31-21(23(24,25)26)16-32-20-10-8-17(9-11-20)13-29-14-19(12-27-29)22(30)28-33-15-18-6-4-3-5-7-18/h3-12,14,16H,2,13,15H2,1H3,(H,28,30)/b21-16-. The topological polar surface area (TPSA) is 74.6 Å². The molecule has 1 N–H and O–H groups in total. The fourth-order valence-corrected chi connectivity index (χ4v) is 2.71. The van der Waals surface area contributed by atoms with E-state index in [9.17, 15) is 18.0 Å². The second kappa shape index (κ2) is 11.2. The van der Waals surface area contributed by atoms with Crippen molar-refractivity contribution in [2.45, 2.75) is 26.3 Å². The van der Waals surface area contributed by atoms with Gasteiger partial charge in [0.2, 0.25) is 5.76 Å². The minimum atomic E-state index is -4.63. The highest BCUT2D eigenvalue weighted by Gasteiger charge is 2.36. The van der Waals surface area contributed by atoms with E-state index >= 15 is 0 Å². The molecule has 0 aliphatic rings. The fraction of sp³-hybridized carbons (Fsp3) is 0.217. The van der Waals surface area contributed by atoms with Gasteiger partial charge in [-0.15, -0.1) is 0 Å². The zero-order valence-electron chi connectivity index (χ0n) is 17.7. The summed E-state index contributed by atoms with van der Waals surface area (Å²) in [6.07, 6.45) is -1.12. The Morgan fingerprint density at radius 2 is 1.82 bits per heavy atom. The molecular weight excluding hydrogens is 439 g/mol. The van der Waals surface area contributed by atoms with Crippen LogP contribution in [0.4, 0.5) is 13.2 Å². The fourth-order valence-electron chi connectivity index (χ4n) is 2.71. The Balaban J connectivity index is 1.51. The van der Waals surface area contributed by atoms with E-state index in [1.165, 1.54) is 25.3 Å². The molecule has 174 valence electrons. The average molecular weight is 461 g/mol. The van der Waals surface area contributed by atoms with E-state index in [4.69, 9.17) is 9.57 Å². The Labute approximate surface area is 188 Å². The van der Waals surface area contributed by atoms with Crippen molar-refractivity contribution in [1.29, 1.82) is 0 Å². The van der Waals surface area contributed by atoms with Crippen molar-refractivity contribution in [3.63, 3.8) is 0 Å². The number of halogens is 3. The van der Waals surface area contributed by atoms with Crippen molar-refractivity contribution in [2.75, 3.05) is 6.61 Å². The van der Waals surface area contributed by atoms with Gasteiger partial charge in [0.25, 0.3) is 5.91 Å². The Hall–Kier alpha value is -3.79. The minimum absolute atomic E-state index is 0.128. The number of nitrogens with one attached hydrogen (secondary N) is 1. The molecule has 0 radical (unpaired) electrons. The minimum Gasteiger partial charge on any atom is -0.487 e. The maximum atomic E-state index is 12.8. The number of amides is 1. The molecule has 0 fully saturated rings. The van der Waals surface area contributed by atoms with Crippen LogP contribution in [-0.4, -0.2) is 28.5 Å². The number of rotatable bonds is 10. The molecule has 0 saturated carbocycles. The smallest absolute Gasteiger partial charge is 0.452 e. The molecular formula is C23H22F3N3O4. The zero-order valence-corrected chi connectivity index (χ0v) is 17.7. The van der Waals surface area contributed by atoms with Crippen molar-refractivity contribution >= 4 is 5.91 Å². The third-order valence-electron chi connectivity index (χ3n) is 4.29. The summed E-state index contributed by atoms with van der Waals surface area (Å²) in [5, 5.41) is 4.15. The lowest BCUT2D eigenvalue weighted by molar-refractivity contribution is -0.132. The van der Waals surface area contributed by atoms with Crippen LogP contribution in [0.1, 0.15) is 28.4 Å². The Morgan fingerprint density at radius 1 is 1.09 bits per heavy atom. The molecule has 0 aliphatic carbocycles. The normalized spacial score (nSPS) is 11.8. The summed E-state index contributed by atoms with van der Waals surface area (Å²) < 4.78 is 49.6. The number of hydrogen-bond donors (Lipinski definition) is 1. The van der Waals surface area contributed by atoms with Crippen LogP contribution in [0.5, 0.6) is 5.75 Å². The highest BCUT2D eigenvalue weighted by atomic mass is 19.4. The van der Waals surface area contributed by atoms with Crippen molar-refractivity contribution in [3.05, 3.63) is 95.7 Å². The largest absolute Gasteiger partial charge is 0.487 e. The third kappa shape index (κ3) is 7.39. The monoisotopic (exact) mass is 461 g/mol. The van der Waals surface area contributed by atoms with Crippen LogP contribution >= 0.6 is 0 Å². The van der Waals surface area contributed by atoms with Crippen molar-refractivity contribution < 1.29 is 32.3 Å². The summed E-state index contributed by atoms with van der Waals surface area (Å²) >= 11 is 0. The number of hydroxylamine groups is 1. The molecule has 0 unspecified atom stereocenters. The maximum Gasteiger partial charge on any atom is 0.452 e. The van der Waals surface area contributed by atoms with Crippen LogP contribution in [0.2, 0.25) is 0 Å². The van der Waals surface area contributed by atoms with E-state index in [-0.39, 0.29) is 19.0 Å². The van der Waals surface area contributed by atoms with E-state index < -0.39 is 17.8 Å². The van der Waals surface area contributed by atoms with Gasteiger partial charge in [-0.25, -0.2) is 5.48 Å². The molecule has 0 saturated heterocycles. The molecule has 0 atom stereocenters. The molecule has 1 heterocycles. The van der Waals surface area contributed by atoms with Crippen molar-refractivity contribution in [1.82, 2.24) is 15.3 Å². The van der Waals surface area contributed by atoms with Gasteiger partial charge in [0.15, 0.2) is 0 Å². The first-order valence-electron chi connectivity index (χ1n) is 9.99. The van der Waals surface area contributed by atoms with E-state index in [1.807, 2.05) is 30.3 Å². The van der Waals surface area contributed by atoms with Crippen LogP contribution < -0.4 is 10.2 Å². The summed E-state index contributed by atoms with van der Waals surface area (Å²) in [5.74, 6) is -1.41. The van der Waals surface area contributed by atoms with Gasteiger partial charge >= 0.3 is 6.18 Å². The van der Waals surface area contributed by atoms with Gasteiger partial charge in [-0.3, -0.25) is 14.3 Å². The lowest BCUT2D eigenvalue weighted by Gasteiger charge is -2.12. The zero-order chi connectivity index (χ0) is 23.7. The Bertz CT molecular complexity index is 1060.